The van der Waals surface area contributed by atoms with Gasteiger partial charge in [-0.15, -0.1) is 0 Å². The Kier molecular flexibility index (Phi) is 4.30. The van der Waals surface area contributed by atoms with Gasteiger partial charge in [0.1, 0.15) is 6.61 Å². The molecule has 106 valence electrons. The van der Waals surface area contributed by atoms with Crippen LogP contribution in [0.3, 0.4) is 0 Å². The number of aliphatic hydroxyl groups is 1. The van der Waals surface area contributed by atoms with E-state index >= 15 is 0 Å². The number of alkyl halides is 2. The zero-order valence-electron chi connectivity index (χ0n) is 9.18. The fraction of sp³-hybridized carbons (Fsp3) is 0.300. The average Bonchev–Trinajstić information content (AvgIpc) is 2.38. The van der Waals surface area contributed by atoms with Crippen molar-refractivity contribution in [3.63, 3.8) is 0 Å². The van der Waals surface area contributed by atoms with Crippen molar-refractivity contribution in [2.45, 2.75) is 5.92 Å². The molecule has 0 saturated carbocycles. The molecule has 0 aromatic heterocycles. The normalized spacial score (nSPS) is 11.5. The summed E-state index contributed by atoms with van der Waals surface area (Å²) in [6.45, 7) is -2.89. The number of aromatic hydroxyl groups is 1. The molecule has 1 rings (SSSR count). The van der Waals surface area contributed by atoms with Crippen LogP contribution in [0, 0.1) is 17.5 Å². The van der Waals surface area contributed by atoms with Crippen LogP contribution in [0.1, 0.15) is 10.4 Å². The average molecular weight is 285 g/mol. The second-order valence-corrected chi connectivity index (χ2v) is 3.58. The molecule has 4 nitrogen and oxygen atoms in total. The maximum absolute atomic E-state index is 13.2. The van der Waals surface area contributed by atoms with E-state index in [1.165, 1.54) is 5.32 Å². The molecule has 0 heterocycles. The van der Waals surface area contributed by atoms with Crippen LogP contribution in [0.4, 0.5) is 22.0 Å². The third-order valence-electron chi connectivity index (χ3n) is 2.12. The SMILES string of the molecule is O=C(NCC(F)(F)CO)c1cc(F)c(F)c(O)c1F. The number of halogens is 5. The Hall–Kier alpha value is -1.90. The van der Waals surface area contributed by atoms with Crippen molar-refractivity contribution >= 4 is 5.91 Å². The summed E-state index contributed by atoms with van der Waals surface area (Å²) in [5, 5.41) is 18.6. The number of nitrogens with one attached hydrogen (secondary N) is 1. The van der Waals surface area contributed by atoms with E-state index < -0.39 is 53.7 Å². The predicted octanol–water partition coefficient (Wildman–Crippen LogP) is 1.17. The minimum absolute atomic E-state index is 0.122. The Morgan fingerprint density at radius 3 is 2.37 bits per heavy atom. The van der Waals surface area contributed by atoms with Crippen molar-refractivity contribution in [3.05, 3.63) is 29.1 Å². The highest BCUT2D eigenvalue weighted by Crippen LogP contribution is 2.25. The number of phenolic OH excluding ortho intramolecular Hbond substituents is 1. The van der Waals surface area contributed by atoms with E-state index in [0.29, 0.717) is 0 Å². The lowest BCUT2D eigenvalue weighted by molar-refractivity contribution is -0.0462. The molecule has 1 amide bonds. The van der Waals surface area contributed by atoms with Gasteiger partial charge in [-0.05, 0) is 6.07 Å². The number of hydrogen-bond donors (Lipinski definition) is 3. The van der Waals surface area contributed by atoms with Gasteiger partial charge in [0, 0.05) is 0 Å². The van der Waals surface area contributed by atoms with E-state index in [9.17, 15) is 26.7 Å². The molecule has 0 aliphatic heterocycles. The molecule has 0 aliphatic rings. The lowest BCUT2D eigenvalue weighted by atomic mass is 10.1. The van der Waals surface area contributed by atoms with Gasteiger partial charge < -0.3 is 15.5 Å². The first-order chi connectivity index (χ1) is 8.69. The Balaban J connectivity index is 2.96. The largest absolute Gasteiger partial charge is 0.503 e. The molecule has 0 unspecified atom stereocenters. The van der Waals surface area contributed by atoms with Crippen LogP contribution >= 0.6 is 0 Å². The minimum atomic E-state index is -3.65. The summed E-state index contributed by atoms with van der Waals surface area (Å²) in [6.07, 6.45) is 0. The molecule has 0 bridgehead atoms. The monoisotopic (exact) mass is 285 g/mol. The van der Waals surface area contributed by atoms with Gasteiger partial charge in [0.15, 0.2) is 17.4 Å². The smallest absolute Gasteiger partial charge is 0.287 e. The number of carbonyl (C=O) groups excluding carboxylic acids is 1. The van der Waals surface area contributed by atoms with Crippen molar-refractivity contribution in [2.24, 2.45) is 0 Å². The molecule has 0 spiro atoms. The van der Waals surface area contributed by atoms with E-state index in [4.69, 9.17) is 10.2 Å². The summed E-state index contributed by atoms with van der Waals surface area (Å²) < 4.78 is 64.0. The highest BCUT2D eigenvalue weighted by molar-refractivity contribution is 5.95. The number of amides is 1. The Morgan fingerprint density at radius 2 is 1.84 bits per heavy atom. The van der Waals surface area contributed by atoms with E-state index in [2.05, 4.69) is 0 Å². The van der Waals surface area contributed by atoms with Gasteiger partial charge in [0.2, 0.25) is 5.82 Å². The van der Waals surface area contributed by atoms with E-state index in [1.807, 2.05) is 0 Å². The van der Waals surface area contributed by atoms with E-state index in [0.717, 1.165) is 0 Å². The van der Waals surface area contributed by atoms with Crippen molar-refractivity contribution in [2.75, 3.05) is 13.2 Å². The second-order valence-electron chi connectivity index (χ2n) is 3.58. The molecular weight excluding hydrogens is 277 g/mol. The van der Waals surface area contributed by atoms with Crippen molar-refractivity contribution < 1.29 is 37.0 Å². The van der Waals surface area contributed by atoms with Crippen LogP contribution in [0.25, 0.3) is 0 Å². The zero-order valence-corrected chi connectivity index (χ0v) is 9.18. The third-order valence-corrected chi connectivity index (χ3v) is 2.12. The van der Waals surface area contributed by atoms with E-state index in [-0.39, 0.29) is 6.07 Å². The molecule has 3 N–H and O–H groups in total. The molecule has 0 fully saturated rings. The summed E-state index contributed by atoms with van der Waals surface area (Å²) in [4.78, 5) is 11.3. The molecule has 1 aromatic rings. The number of hydrogen-bond acceptors (Lipinski definition) is 3. The third kappa shape index (κ3) is 3.31. The van der Waals surface area contributed by atoms with Gasteiger partial charge in [0.05, 0.1) is 12.1 Å². The number of carbonyl (C=O) groups is 1. The fourth-order valence-corrected chi connectivity index (χ4v) is 1.12. The molecule has 19 heavy (non-hydrogen) atoms. The minimum Gasteiger partial charge on any atom is -0.503 e. The number of phenols is 1. The van der Waals surface area contributed by atoms with Crippen LogP contribution in [-0.2, 0) is 0 Å². The maximum atomic E-state index is 13.2. The van der Waals surface area contributed by atoms with Gasteiger partial charge >= 0.3 is 0 Å². The second kappa shape index (κ2) is 5.39. The summed E-state index contributed by atoms with van der Waals surface area (Å²) in [5.41, 5.74) is -1.13. The molecule has 0 radical (unpaired) electrons. The number of benzene rings is 1. The topological polar surface area (TPSA) is 69.6 Å². The summed E-state index contributed by atoms with van der Waals surface area (Å²) in [6, 6.07) is 0.122. The quantitative estimate of drug-likeness (QED) is 0.574. The van der Waals surface area contributed by atoms with Gasteiger partial charge in [-0.2, -0.15) is 4.39 Å². The Bertz CT molecular complexity index is 506. The first kappa shape index (κ1) is 15.2. The Morgan fingerprint density at radius 1 is 1.26 bits per heavy atom. The molecule has 0 atom stereocenters. The van der Waals surface area contributed by atoms with Gasteiger partial charge in [-0.1, -0.05) is 0 Å². The lowest BCUT2D eigenvalue weighted by Gasteiger charge is -2.14. The predicted molar refractivity (Wildman–Crippen MR) is 52.3 cm³/mol. The van der Waals surface area contributed by atoms with Gasteiger partial charge in [-0.25, -0.2) is 17.6 Å². The summed E-state index contributed by atoms with van der Waals surface area (Å²) >= 11 is 0. The van der Waals surface area contributed by atoms with Gasteiger partial charge in [-0.3, -0.25) is 4.79 Å². The first-order valence-electron chi connectivity index (χ1n) is 4.83. The fourth-order valence-electron chi connectivity index (χ4n) is 1.12. The lowest BCUT2D eigenvalue weighted by Crippen LogP contribution is -2.39. The van der Waals surface area contributed by atoms with Crippen LogP contribution in [-0.4, -0.2) is 35.2 Å². The summed E-state index contributed by atoms with van der Waals surface area (Å²) in [7, 11) is 0. The van der Waals surface area contributed by atoms with Gasteiger partial charge in [0.25, 0.3) is 11.8 Å². The highest BCUT2D eigenvalue weighted by Gasteiger charge is 2.30. The maximum Gasteiger partial charge on any atom is 0.287 e. The molecule has 9 heteroatoms. The van der Waals surface area contributed by atoms with Crippen LogP contribution in [0.15, 0.2) is 6.07 Å². The zero-order chi connectivity index (χ0) is 14.8. The summed E-state index contributed by atoms with van der Waals surface area (Å²) in [5.74, 6) is -12.2. The standard InChI is InChI=1S/C10H8F5NO3/c11-5-1-4(6(12)8(18)7(5)13)9(19)16-2-10(14,15)3-17/h1,17-18H,2-3H2,(H,16,19). The highest BCUT2D eigenvalue weighted by atomic mass is 19.3. The molecule has 0 saturated heterocycles. The number of rotatable bonds is 4. The van der Waals surface area contributed by atoms with E-state index in [1.54, 1.807) is 0 Å². The molecular formula is C10H8F5NO3. The van der Waals surface area contributed by atoms with Crippen molar-refractivity contribution in [1.82, 2.24) is 5.32 Å². The van der Waals surface area contributed by atoms with Crippen LogP contribution < -0.4 is 5.32 Å². The molecule has 1 aromatic carbocycles. The van der Waals surface area contributed by atoms with Crippen molar-refractivity contribution in [3.8, 4) is 5.75 Å². The Labute approximate surface area is 103 Å². The molecule has 0 aliphatic carbocycles. The first-order valence-corrected chi connectivity index (χ1v) is 4.83. The number of aliphatic hydroxyl groups excluding tert-OH is 1. The van der Waals surface area contributed by atoms with Crippen molar-refractivity contribution in [1.29, 1.82) is 0 Å². The van der Waals surface area contributed by atoms with Crippen LogP contribution in [0.5, 0.6) is 5.75 Å². The van der Waals surface area contributed by atoms with Crippen LogP contribution in [0.2, 0.25) is 0 Å².